The first-order valence-corrected chi connectivity index (χ1v) is 10.8. The van der Waals surface area contributed by atoms with Gasteiger partial charge in [0.15, 0.2) is 5.96 Å². The lowest BCUT2D eigenvalue weighted by Gasteiger charge is -2.30. The number of aryl methyl sites for hydroxylation is 1. The van der Waals surface area contributed by atoms with Crippen molar-refractivity contribution in [2.75, 3.05) is 33.2 Å². The molecule has 1 aliphatic heterocycles. The van der Waals surface area contributed by atoms with Crippen molar-refractivity contribution in [3.63, 3.8) is 0 Å². The van der Waals surface area contributed by atoms with Crippen molar-refractivity contribution in [3.05, 3.63) is 41.8 Å². The molecule has 2 heterocycles. The number of benzene rings is 1. The summed E-state index contributed by atoms with van der Waals surface area (Å²) in [6, 6.07) is 8.19. The van der Waals surface area contributed by atoms with Crippen LogP contribution >= 0.6 is 0 Å². The highest BCUT2D eigenvalue weighted by Gasteiger charge is 2.15. The van der Waals surface area contributed by atoms with E-state index in [1.807, 2.05) is 12.1 Å². The zero-order valence-electron chi connectivity index (χ0n) is 18.1. The molecule has 1 aromatic heterocycles. The second-order valence-electron chi connectivity index (χ2n) is 8.12. The number of nitrogens with one attached hydrogen (secondary N) is 2. The highest BCUT2D eigenvalue weighted by Crippen LogP contribution is 2.19. The van der Waals surface area contributed by atoms with Gasteiger partial charge < -0.3 is 20.0 Å². The zero-order valence-corrected chi connectivity index (χ0v) is 18.1. The summed E-state index contributed by atoms with van der Waals surface area (Å²) < 4.78 is 5.62. The summed E-state index contributed by atoms with van der Waals surface area (Å²) in [7, 11) is 1.80. The summed E-state index contributed by atoms with van der Waals surface area (Å²) in [5, 5.41) is 6.70. The van der Waals surface area contributed by atoms with Gasteiger partial charge >= 0.3 is 0 Å². The van der Waals surface area contributed by atoms with E-state index in [1.165, 1.54) is 44.5 Å². The van der Waals surface area contributed by atoms with Crippen molar-refractivity contribution < 1.29 is 4.42 Å². The molecular formula is C23H35N5O. The summed E-state index contributed by atoms with van der Waals surface area (Å²) in [5.41, 5.74) is 3.08. The van der Waals surface area contributed by atoms with Crippen LogP contribution in [0.15, 0.2) is 39.9 Å². The quantitative estimate of drug-likeness (QED) is 0.403. The van der Waals surface area contributed by atoms with Crippen molar-refractivity contribution in [2.24, 2.45) is 10.9 Å². The van der Waals surface area contributed by atoms with Crippen LogP contribution in [0.5, 0.6) is 0 Å². The highest BCUT2D eigenvalue weighted by atomic mass is 16.3. The molecular weight excluding hydrogens is 362 g/mol. The van der Waals surface area contributed by atoms with Crippen molar-refractivity contribution in [2.45, 2.75) is 46.1 Å². The van der Waals surface area contributed by atoms with Crippen LogP contribution in [0.3, 0.4) is 0 Å². The lowest BCUT2D eigenvalue weighted by Crippen LogP contribution is -2.38. The number of hydrogen-bond acceptors (Lipinski definition) is 4. The van der Waals surface area contributed by atoms with Gasteiger partial charge in [0.1, 0.15) is 6.26 Å². The molecule has 1 aliphatic rings. The summed E-state index contributed by atoms with van der Waals surface area (Å²) in [4.78, 5) is 11.5. The Morgan fingerprint density at radius 2 is 2.07 bits per heavy atom. The Morgan fingerprint density at radius 3 is 2.83 bits per heavy atom. The lowest BCUT2D eigenvalue weighted by molar-refractivity contribution is 0.181. The van der Waals surface area contributed by atoms with E-state index < -0.39 is 0 Å². The number of aromatic nitrogens is 1. The summed E-state index contributed by atoms with van der Waals surface area (Å²) >= 11 is 0. The number of oxazole rings is 1. The van der Waals surface area contributed by atoms with Gasteiger partial charge in [-0.3, -0.25) is 4.99 Å². The van der Waals surface area contributed by atoms with E-state index >= 15 is 0 Å². The fourth-order valence-electron chi connectivity index (χ4n) is 3.77. The zero-order chi connectivity index (χ0) is 20.5. The first-order valence-electron chi connectivity index (χ1n) is 10.8. The van der Waals surface area contributed by atoms with Gasteiger partial charge in [0, 0.05) is 25.7 Å². The van der Waals surface area contributed by atoms with E-state index in [4.69, 9.17) is 4.42 Å². The van der Waals surface area contributed by atoms with Gasteiger partial charge in [-0.25, -0.2) is 4.98 Å². The summed E-state index contributed by atoms with van der Waals surface area (Å²) in [5.74, 6) is 2.31. The maximum absolute atomic E-state index is 5.62. The second kappa shape index (κ2) is 11.0. The van der Waals surface area contributed by atoms with Crippen LogP contribution in [0.1, 0.15) is 43.9 Å². The van der Waals surface area contributed by atoms with Crippen LogP contribution in [0.4, 0.5) is 0 Å². The highest BCUT2D eigenvalue weighted by molar-refractivity contribution is 5.79. The minimum atomic E-state index is 0.584. The number of hydrogen-bond donors (Lipinski definition) is 2. The normalized spacial score (nSPS) is 18.0. The SMILES string of the molecule is CN=C(NCCCCN1CCCC(C)C1)NCc1coc(-c2ccc(C)cc2)n1. The molecule has 0 radical (unpaired) electrons. The number of aliphatic imine (C=N–C) groups is 1. The molecule has 6 nitrogen and oxygen atoms in total. The molecule has 158 valence electrons. The predicted octanol–water partition coefficient (Wildman–Crippen LogP) is 3.83. The van der Waals surface area contributed by atoms with Gasteiger partial charge in [0.25, 0.3) is 0 Å². The Balaban J connectivity index is 1.34. The molecule has 0 amide bonds. The molecule has 0 saturated carbocycles. The second-order valence-corrected chi connectivity index (χ2v) is 8.12. The molecule has 6 heteroatoms. The van der Waals surface area contributed by atoms with Crippen LogP contribution in [-0.4, -0.2) is 49.1 Å². The maximum atomic E-state index is 5.62. The molecule has 2 aromatic rings. The van der Waals surface area contributed by atoms with E-state index in [2.05, 4.69) is 51.5 Å². The van der Waals surface area contributed by atoms with E-state index in [0.717, 1.165) is 36.1 Å². The van der Waals surface area contributed by atoms with Crippen LogP contribution in [0.25, 0.3) is 11.5 Å². The Kier molecular flexibility index (Phi) is 8.11. The Bertz CT molecular complexity index is 768. The molecule has 1 saturated heterocycles. The van der Waals surface area contributed by atoms with Gasteiger partial charge in [0.05, 0.1) is 12.2 Å². The first kappa shape index (κ1) is 21.4. The first-order chi connectivity index (χ1) is 14.1. The number of piperidine rings is 1. The van der Waals surface area contributed by atoms with E-state index in [1.54, 1.807) is 13.3 Å². The lowest BCUT2D eigenvalue weighted by atomic mass is 10.0. The van der Waals surface area contributed by atoms with Crippen molar-refractivity contribution in [1.82, 2.24) is 20.5 Å². The van der Waals surface area contributed by atoms with Crippen LogP contribution < -0.4 is 10.6 Å². The van der Waals surface area contributed by atoms with E-state index in [0.29, 0.717) is 12.4 Å². The van der Waals surface area contributed by atoms with Crippen LogP contribution in [-0.2, 0) is 6.54 Å². The number of unbranched alkanes of at least 4 members (excludes halogenated alkanes) is 1. The molecule has 3 rings (SSSR count). The number of likely N-dealkylation sites (tertiary alicyclic amines) is 1. The standard InChI is InChI=1S/C23H35N5O/c1-18-8-10-20(11-9-18)22-27-21(17-29-22)15-26-23(24-3)25-12-4-5-13-28-14-6-7-19(2)16-28/h8-11,17,19H,4-7,12-16H2,1-3H3,(H2,24,25,26). The molecule has 1 unspecified atom stereocenters. The molecule has 0 aliphatic carbocycles. The Hall–Kier alpha value is -2.34. The largest absolute Gasteiger partial charge is 0.444 e. The van der Waals surface area contributed by atoms with Crippen molar-refractivity contribution >= 4 is 5.96 Å². The van der Waals surface area contributed by atoms with Gasteiger partial charge in [-0.15, -0.1) is 0 Å². The topological polar surface area (TPSA) is 65.7 Å². The number of nitrogens with zero attached hydrogens (tertiary/aromatic N) is 3. The minimum Gasteiger partial charge on any atom is -0.444 e. The Morgan fingerprint density at radius 1 is 1.24 bits per heavy atom. The van der Waals surface area contributed by atoms with Crippen LogP contribution in [0.2, 0.25) is 0 Å². The average Bonchev–Trinajstić information content (AvgIpc) is 3.19. The average molecular weight is 398 g/mol. The van der Waals surface area contributed by atoms with E-state index in [-0.39, 0.29) is 0 Å². The fourth-order valence-corrected chi connectivity index (χ4v) is 3.77. The molecule has 1 fully saturated rings. The summed E-state index contributed by atoms with van der Waals surface area (Å²) in [6.45, 7) is 9.68. The molecule has 0 spiro atoms. The van der Waals surface area contributed by atoms with Crippen LogP contribution in [0, 0.1) is 12.8 Å². The van der Waals surface area contributed by atoms with Gasteiger partial charge in [0.2, 0.25) is 5.89 Å². The van der Waals surface area contributed by atoms with Gasteiger partial charge in [-0.05, 0) is 63.7 Å². The van der Waals surface area contributed by atoms with Gasteiger partial charge in [-0.1, -0.05) is 24.6 Å². The van der Waals surface area contributed by atoms with Crippen molar-refractivity contribution in [3.8, 4) is 11.5 Å². The monoisotopic (exact) mass is 397 g/mol. The predicted molar refractivity (Wildman–Crippen MR) is 119 cm³/mol. The fraction of sp³-hybridized carbons (Fsp3) is 0.565. The smallest absolute Gasteiger partial charge is 0.226 e. The third-order valence-electron chi connectivity index (χ3n) is 5.45. The Labute approximate surface area is 174 Å². The molecule has 2 N–H and O–H groups in total. The molecule has 0 bridgehead atoms. The number of rotatable bonds is 8. The maximum Gasteiger partial charge on any atom is 0.226 e. The van der Waals surface area contributed by atoms with Gasteiger partial charge in [-0.2, -0.15) is 0 Å². The number of guanidine groups is 1. The molecule has 1 aromatic carbocycles. The third-order valence-corrected chi connectivity index (χ3v) is 5.45. The minimum absolute atomic E-state index is 0.584. The van der Waals surface area contributed by atoms with Crippen molar-refractivity contribution in [1.29, 1.82) is 0 Å². The third kappa shape index (κ3) is 6.89. The molecule has 1 atom stereocenters. The van der Waals surface area contributed by atoms with E-state index in [9.17, 15) is 0 Å². The molecule has 29 heavy (non-hydrogen) atoms. The summed E-state index contributed by atoms with van der Waals surface area (Å²) in [6.07, 6.45) is 6.81.